The van der Waals surface area contributed by atoms with Gasteiger partial charge in [-0.15, -0.1) is 0 Å². The Morgan fingerprint density at radius 1 is 1.17 bits per heavy atom. The fourth-order valence-electron chi connectivity index (χ4n) is 2.92. The van der Waals surface area contributed by atoms with Crippen LogP contribution in [0, 0.1) is 0 Å². The smallest absolute Gasteiger partial charge is 0.308 e. The molecular weight excluding hydrogens is 290 g/mol. The third kappa shape index (κ3) is 2.17. The van der Waals surface area contributed by atoms with Crippen LogP contribution < -0.4 is 10.5 Å². The molecule has 0 aliphatic carbocycles. The van der Waals surface area contributed by atoms with E-state index in [1.54, 1.807) is 0 Å². The molecule has 2 aromatic carbocycles. The quantitative estimate of drug-likeness (QED) is 0.456. The second-order valence-corrected chi connectivity index (χ2v) is 5.56. The number of hydrogen-bond acceptors (Lipinski definition) is 4. The van der Waals surface area contributed by atoms with Gasteiger partial charge in [0.1, 0.15) is 5.69 Å². The highest BCUT2D eigenvalue weighted by atomic mass is 16.5. The number of carbonyl (C=O) groups excluding carboxylic acids is 1. The number of benzene rings is 2. The first-order valence-electron chi connectivity index (χ1n) is 7.38. The minimum absolute atomic E-state index is 0.353. The fraction of sp³-hybridized carbons (Fsp3) is 0.111. The van der Waals surface area contributed by atoms with Crippen molar-refractivity contribution in [2.45, 2.75) is 13.3 Å². The molecule has 0 radical (unpaired) electrons. The summed E-state index contributed by atoms with van der Waals surface area (Å²) in [4.78, 5) is 11.5. The highest BCUT2D eigenvalue weighted by Gasteiger charge is 2.28. The Morgan fingerprint density at radius 3 is 2.65 bits per heavy atom. The number of hydrogen-bond donors (Lipinski definition) is 1. The molecule has 0 unspecified atom stereocenters. The standard InChI is InChI=1S/C18H15N3O2/c1-11(22)23-18-16-10-13-4-2-3-5-15(13)21(16)20-17(18)12-6-8-14(19)9-7-12/h2-9H,10,19H2,1H3. The van der Waals surface area contributed by atoms with Crippen LogP contribution in [0.15, 0.2) is 48.5 Å². The van der Waals surface area contributed by atoms with Crippen LogP contribution in [0.4, 0.5) is 5.69 Å². The van der Waals surface area contributed by atoms with Crippen molar-refractivity contribution in [3.05, 3.63) is 59.8 Å². The number of rotatable bonds is 2. The number of esters is 1. The molecule has 0 atom stereocenters. The summed E-state index contributed by atoms with van der Waals surface area (Å²) in [6.45, 7) is 1.40. The van der Waals surface area contributed by atoms with Crippen LogP contribution in [0.1, 0.15) is 18.2 Å². The summed E-state index contributed by atoms with van der Waals surface area (Å²) >= 11 is 0. The number of nitrogens with zero attached hydrogens (tertiary/aromatic N) is 2. The average molecular weight is 305 g/mol. The summed E-state index contributed by atoms with van der Waals surface area (Å²) in [6.07, 6.45) is 0.695. The SMILES string of the molecule is CC(=O)Oc1c(-c2ccc(N)cc2)nn2c1Cc1ccccc1-2. The summed E-state index contributed by atoms with van der Waals surface area (Å²) in [5, 5.41) is 4.68. The monoisotopic (exact) mass is 305 g/mol. The van der Waals surface area contributed by atoms with Crippen LogP contribution in [-0.4, -0.2) is 15.7 Å². The Bertz CT molecular complexity index is 911. The van der Waals surface area contributed by atoms with E-state index in [1.807, 2.05) is 47.1 Å². The first-order valence-corrected chi connectivity index (χ1v) is 7.38. The molecular formula is C18H15N3O2. The van der Waals surface area contributed by atoms with Gasteiger partial charge in [0.15, 0.2) is 5.75 Å². The van der Waals surface area contributed by atoms with Crippen molar-refractivity contribution in [3.8, 4) is 22.7 Å². The van der Waals surface area contributed by atoms with Crippen molar-refractivity contribution in [1.29, 1.82) is 0 Å². The Hall–Kier alpha value is -3.08. The molecule has 2 N–H and O–H groups in total. The van der Waals surface area contributed by atoms with Gasteiger partial charge in [0.2, 0.25) is 0 Å². The van der Waals surface area contributed by atoms with Crippen LogP contribution in [0.5, 0.6) is 5.75 Å². The Labute approximate surface area is 133 Å². The Balaban J connectivity index is 1.91. The van der Waals surface area contributed by atoms with E-state index >= 15 is 0 Å². The van der Waals surface area contributed by atoms with Crippen LogP contribution >= 0.6 is 0 Å². The highest BCUT2D eigenvalue weighted by molar-refractivity contribution is 5.77. The van der Waals surface area contributed by atoms with Gasteiger partial charge < -0.3 is 10.5 Å². The van der Waals surface area contributed by atoms with Gasteiger partial charge in [-0.2, -0.15) is 5.10 Å². The second kappa shape index (κ2) is 4.98. The van der Waals surface area contributed by atoms with Crippen molar-refractivity contribution in [2.75, 3.05) is 5.73 Å². The number of carbonyl (C=O) groups is 1. The van der Waals surface area contributed by atoms with Gasteiger partial charge in [-0.3, -0.25) is 4.79 Å². The van der Waals surface area contributed by atoms with Crippen LogP contribution in [0.25, 0.3) is 16.9 Å². The van der Waals surface area contributed by atoms with E-state index in [1.165, 1.54) is 12.5 Å². The molecule has 2 heterocycles. The van der Waals surface area contributed by atoms with E-state index in [0.29, 0.717) is 23.6 Å². The molecule has 0 saturated carbocycles. The lowest BCUT2D eigenvalue weighted by atomic mass is 10.1. The van der Waals surface area contributed by atoms with Crippen molar-refractivity contribution in [1.82, 2.24) is 9.78 Å². The highest BCUT2D eigenvalue weighted by Crippen LogP contribution is 2.40. The zero-order chi connectivity index (χ0) is 16.0. The molecule has 0 amide bonds. The lowest BCUT2D eigenvalue weighted by Gasteiger charge is -2.05. The van der Waals surface area contributed by atoms with Gasteiger partial charge in [0, 0.05) is 24.6 Å². The molecule has 0 bridgehead atoms. The van der Waals surface area contributed by atoms with Crippen LogP contribution in [0.2, 0.25) is 0 Å². The number of ether oxygens (including phenoxy) is 1. The summed E-state index contributed by atoms with van der Waals surface area (Å²) in [5.41, 5.74) is 11.1. The lowest BCUT2D eigenvalue weighted by Crippen LogP contribution is -2.03. The molecule has 23 heavy (non-hydrogen) atoms. The number of para-hydroxylation sites is 1. The second-order valence-electron chi connectivity index (χ2n) is 5.56. The number of nitrogen functional groups attached to an aromatic ring is 1. The van der Waals surface area contributed by atoms with Gasteiger partial charge in [-0.25, -0.2) is 4.68 Å². The average Bonchev–Trinajstić information content (AvgIpc) is 3.05. The molecule has 0 spiro atoms. The maximum atomic E-state index is 11.5. The molecule has 0 saturated heterocycles. The predicted molar refractivity (Wildman–Crippen MR) is 87.5 cm³/mol. The first kappa shape index (κ1) is 13.6. The topological polar surface area (TPSA) is 70.1 Å². The predicted octanol–water partition coefficient (Wildman–Crippen LogP) is 2.95. The summed E-state index contributed by atoms with van der Waals surface area (Å²) in [7, 11) is 0. The molecule has 3 aromatic rings. The lowest BCUT2D eigenvalue weighted by molar-refractivity contribution is -0.131. The Morgan fingerprint density at radius 2 is 1.91 bits per heavy atom. The molecule has 4 rings (SSSR count). The molecule has 0 fully saturated rings. The molecule has 114 valence electrons. The number of fused-ring (bicyclic) bond motifs is 3. The minimum atomic E-state index is -0.353. The third-order valence-electron chi connectivity index (χ3n) is 3.94. The summed E-state index contributed by atoms with van der Waals surface area (Å²) in [6, 6.07) is 15.4. The molecule has 5 heteroatoms. The van der Waals surface area contributed by atoms with Gasteiger partial charge in [-0.05, 0) is 23.8 Å². The largest absolute Gasteiger partial charge is 0.422 e. The van der Waals surface area contributed by atoms with Crippen LogP contribution in [0.3, 0.4) is 0 Å². The van der Waals surface area contributed by atoms with E-state index in [2.05, 4.69) is 11.2 Å². The number of aromatic nitrogens is 2. The van der Waals surface area contributed by atoms with E-state index in [4.69, 9.17) is 10.5 Å². The van der Waals surface area contributed by atoms with Crippen molar-refractivity contribution in [3.63, 3.8) is 0 Å². The van der Waals surface area contributed by atoms with Gasteiger partial charge in [0.05, 0.1) is 11.4 Å². The van der Waals surface area contributed by atoms with Crippen LogP contribution in [-0.2, 0) is 11.2 Å². The molecule has 1 aliphatic rings. The zero-order valence-corrected chi connectivity index (χ0v) is 12.6. The fourth-order valence-corrected chi connectivity index (χ4v) is 2.92. The third-order valence-corrected chi connectivity index (χ3v) is 3.94. The van der Waals surface area contributed by atoms with Gasteiger partial charge in [0.25, 0.3) is 0 Å². The summed E-state index contributed by atoms with van der Waals surface area (Å²) < 4.78 is 7.35. The van der Waals surface area contributed by atoms with Gasteiger partial charge >= 0.3 is 5.97 Å². The van der Waals surface area contributed by atoms with Crippen molar-refractivity contribution < 1.29 is 9.53 Å². The minimum Gasteiger partial charge on any atom is -0.422 e. The number of anilines is 1. The summed E-state index contributed by atoms with van der Waals surface area (Å²) in [5.74, 6) is 0.173. The van der Waals surface area contributed by atoms with Crippen molar-refractivity contribution >= 4 is 11.7 Å². The number of nitrogens with two attached hydrogens (primary N) is 1. The van der Waals surface area contributed by atoms with Crippen molar-refractivity contribution in [2.24, 2.45) is 0 Å². The van der Waals surface area contributed by atoms with Gasteiger partial charge in [-0.1, -0.05) is 30.3 Å². The maximum absolute atomic E-state index is 11.5. The Kier molecular flexibility index (Phi) is 2.94. The normalized spacial score (nSPS) is 11.9. The molecule has 1 aliphatic heterocycles. The molecule has 5 nitrogen and oxygen atoms in total. The van der Waals surface area contributed by atoms with E-state index in [0.717, 1.165) is 16.9 Å². The first-order chi connectivity index (χ1) is 11.1. The van der Waals surface area contributed by atoms with E-state index < -0.39 is 0 Å². The zero-order valence-electron chi connectivity index (χ0n) is 12.6. The van der Waals surface area contributed by atoms with E-state index in [-0.39, 0.29) is 5.97 Å². The van der Waals surface area contributed by atoms with E-state index in [9.17, 15) is 4.79 Å². The maximum Gasteiger partial charge on any atom is 0.308 e. The molecule has 1 aromatic heterocycles.